The van der Waals surface area contributed by atoms with Crippen LogP contribution in [0.15, 0.2) is 23.2 Å². The van der Waals surface area contributed by atoms with Crippen molar-refractivity contribution in [2.24, 2.45) is 4.99 Å². The molecule has 8 heteroatoms. The molecule has 2 heterocycles. The van der Waals surface area contributed by atoms with E-state index in [1.54, 1.807) is 0 Å². The van der Waals surface area contributed by atoms with E-state index in [2.05, 4.69) is 27.0 Å². The van der Waals surface area contributed by atoms with Gasteiger partial charge in [-0.05, 0) is 24.1 Å². The first-order valence-electron chi connectivity index (χ1n) is 9.31. The molecule has 2 saturated heterocycles. The topological polar surface area (TPSA) is 40.1 Å². The molecule has 0 bridgehead atoms. The Hall–Kier alpha value is -0.280. The fourth-order valence-electron chi connectivity index (χ4n) is 3.84. The van der Waals surface area contributed by atoms with Gasteiger partial charge >= 0.3 is 0 Å². The summed E-state index contributed by atoms with van der Waals surface area (Å²) in [6.45, 7) is 8.69. The van der Waals surface area contributed by atoms with Crippen molar-refractivity contribution in [2.75, 3.05) is 53.0 Å². The van der Waals surface area contributed by atoms with Crippen LogP contribution in [-0.4, -0.2) is 74.8 Å². The van der Waals surface area contributed by atoms with Gasteiger partial charge in [0.1, 0.15) is 0 Å². The summed E-state index contributed by atoms with van der Waals surface area (Å²) in [4.78, 5) is 9.38. The Kier molecular flexibility index (Phi) is 9.41. The van der Waals surface area contributed by atoms with Gasteiger partial charge < -0.3 is 15.0 Å². The zero-order chi connectivity index (χ0) is 18.5. The average molecular weight is 527 g/mol. The minimum Gasteiger partial charge on any atom is -0.379 e. The Morgan fingerprint density at radius 1 is 1.26 bits per heavy atom. The van der Waals surface area contributed by atoms with Gasteiger partial charge in [-0.3, -0.25) is 9.89 Å². The maximum Gasteiger partial charge on any atom is 0.193 e. The predicted octanol–water partition coefficient (Wildman–Crippen LogP) is 3.70. The summed E-state index contributed by atoms with van der Waals surface area (Å²) in [6.07, 6.45) is 1.17. The smallest absolute Gasteiger partial charge is 0.193 e. The van der Waals surface area contributed by atoms with Crippen LogP contribution in [0.2, 0.25) is 10.0 Å². The van der Waals surface area contributed by atoms with E-state index in [9.17, 15) is 0 Å². The van der Waals surface area contributed by atoms with Crippen LogP contribution in [0.1, 0.15) is 24.8 Å². The fourth-order valence-corrected chi connectivity index (χ4v) is 4.61. The molecule has 5 nitrogen and oxygen atoms in total. The van der Waals surface area contributed by atoms with Crippen LogP contribution in [0.3, 0.4) is 0 Å². The molecule has 2 unspecified atom stereocenters. The second kappa shape index (κ2) is 11.0. The van der Waals surface area contributed by atoms with Gasteiger partial charge in [-0.2, -0.15) is 0 Å². The summed E-state index contributed by atoms with van der Waals surface area (Å²) in [5, 5.41) is 4.94. The summed E-state index contributed by atoms with van der Waals surface area (Å²) in [6, 6.07) is 6.25. The van der Waals surface area contributed by atoms with E-state index < -0.39 is 0 Å². The molecule has 1 aromatic carbocycles. The largest absolute Gasteiger partial charge is 0.379 e. The van der Waals surface area contributed by atoms with E-state index in [1.807, 2.05) is 25.2 Å². The van der Waals surface area contributed by atoms with Crippen LogP contribution in [-0.2, 0) is 4.74 Å². The van der Waals surface area contributed by atoms with Crippen molar-refractivity contribution in [3.8, 4) is 0 Å². The molecule has 0 spiro atoms. The molecule has 2 fully saturated rings. The Morgan fingerprint density at radius 3 is 2.56 bits per heavy atom. The number of rotatable bonds is 4. The molecule has 0 aromatic heterocycles. The summed E-state index contributed by atoms with van der Waals surface area (Å²) in [7, 11) is 1.84. The lowest BCUT2D eigenvalue weighted by atomic mass is 10.0. The normalized spacial score (nSPS) is 22.4. The lowest BCUT2D eigenvalue weighted by molar-refractivity contribution is 0.0195. The Bertz CT molecular complexity index is 620. The van der Waals surface area contributed by atoms with E-state index in [1.165, 1.54) is 6.42 Å². The molecule has 1 N–H and O–H groups in total. The Balaban J connectivity index is 0.00000261. The zero-order valence-electron chi connectivity index (χ0n) is 16.0. The first-order chi connectivity index (χ1) is 12.6. The summed E-state index contributed by atoms with van der Waals surface area (Å²) >= 11 is 12.7. The van der Waals surface area contributed by atoms with E-state index in [0.29, 0.717) is 6.04 Å². The van der Waals surface area contributed by atoms with Crippen molar-refractivity contribution >= 4 is 53.1 Å². The van der Waals surface area contributed by atoms with Crippen LogP contribution >= 0.6 is 47.2 Å². The zero-order valence-corrected chi connectivity index (χ0v) is 19.8. The lowest BCUT2D eigenvalue weighted by Crippen LogP contribution is -2.47. The molecule has 2 aliphatic rings. The average Bonchev–Trinajstić information content (AvgIpc) is 3.13. The maximum atomic E-state index is 6.34. The van der Waals surface area contributed by atoms with Crippen LogP contribution < -0.4 is 5.32 Å². The number of aliphatic imine (C=N–C) groups is 1. The van der Waals surface area contributed by atoms with Crippen molar-refractivity contribution in [1.82, 2.24) is 15.1 Å². The van der Waals surface area contributed by atoms with E-state index in [4.69, 9.17) is 27.9 Å². The standard InChI is InChI=1S/C19H28Cl2N4O.HI/c1-14(18-16(20)4-3-5-17(18)21)12-23-19(22-2)25-7-6-15(13-25)24-8-10-26-11-9-24;/h3-5,14-15H,6-13H2,1-2H3,(H,22,23);1H. The monoisotopic (exact) mass is 526 g/mol. The Morgan fingerprint density at radius 2 is 1.93 bits per heavy atom. The molecule has 0 saturated carbocycles. The fraction of sp³-hybridized carbons (Fsp3) is 0.632. The van der Waals surface area contributed by atoms with E-state index in [-0.39, 0.29) is 29.9 Å². The minimum atomic E-state index is 0. The first kappa shape index (κ1) is 23.0. The molecule has 3 rings (SSSR count). The number of nitrogens with zero attached hydrogens (tertiary/aromatic N) is 3. The third-order valence-corrected chi connectivity index (χ3v) is 5.95. The number of guanidine groups is 1. The summed E-state index contributed by atoms with van der Waals surface area (Å²) in [5.74, 6) is 1.15. The molecule has 152 valence electrons. The second-order valence-electron chi connectivity index (χ2n) is 7.00. The van der Waals surface area contributed by atoms with Crippen molar-refractivity contribution < 1.29 is 4.74 Å². The highest BCUT2D eigenvalue weighted by molar-refractivity contribution is 14.0. The highest BCUT2D eigenvalue weighted by Crippen LogP contribution is 2.31. The first-order valence-corrected chi connectivity index (χ1v) is 10.1. The number of halogens is 3. The summed E-state index contributed by atoms with van der Waals surface area (Å²) in [5.41, 5.74) is 0.992. The van der Waals surface area contributed by atoms with Gasteiger partial charge in [0, 0.05) is 61.8 Å². The predicted molar refractivity (Wildman–Crippen MR) is 124 cm³/mol. The van der Waals surface area contributed by atoms with Crippen molar-refractivity contribution in [3.05, 3.63) is 33.8 Å². The number of nitrogens with one attached hydrogen (secondary N) is 1. The quantitative estimate of drug-likeness (QED) is 0.369. The van der Waals surface area contributed by atoms with Gasteiger partial charge in [0.2, 0.25) is 0 Å². The number of hydrogen-bond donors (Lipinski definition) is 1. The van der Waals surface area contributed by atoms with Gasteiger partial charge in [-0.1, -0.05) is 36.2 Å². The van der Waals surface area contributed by atoms with Crippen molar-refractivity contribution in [3.63, 3.8) is 0 Å². The van der Waals surface area contributed by atoms with Crippen LogP contribution in [0, 0.1) is 0 Å². The summed E-state index contributed by atoms with van der Waals surface area (Å²) < 4.78 is 5.47. The van der Waals surface area contributed by atoms with Crippen LogP contribution in [0.5, 0.6) is 0 Å². The molecule has 0 radical (unpaired) electrons. The number of hydrogen-bond acceptors (Lipinski definition) is 3. The number of likely N-dealkylation sites (tertiary alicyclic amines) is 1. The third kappa shape index (κ3) is 5.85. The second-order valence-corrected chi connectivity index (χ2v) is 7.82. The van der Waals surface area contributed by atoms with Crippen LogP contribution in [0.4, 0.5) is 0 Å². The van der Waals surface area contributed by atoms with Gasteiger partial charge in [-0.25, -0.2) is 0 Å². The molecule has 0 aliphatic carbocycles. The lowest BCUT2D eigenvalue weighted by Gasteiger charge is -2.32. The SMILES string of the molecule is CN=C(NCC(C)c1c(Cl)cccc1Cl)N1CCC(N2CCOCC2)C1.I. The Labute approximate surface area is 189 Å². The van der Waals surface area contributed by atoms with Crippen molar-refractivity contribution in [2.45, 2.75) is 25.3 Å². The van der Waals surface area contributed by atoms with E-state index >= 15 is 0 Å². The molecular weight excluding hydrogens is 498 g/mol. The molecule has 2 aliphatic heterocycles. The van der Waals surface area contributed by atoms with E-state index in [0.717, 1.165) is 67.5 Å². The third-order valence-electron chi connectivity index (χ3n) is 5.30. The van der Waals surface area contributed by atoms with Gasteiger partial charge in [0.15, 0.2) is 5.96 Å². The van der Waals surface area contributed by atoms with Gasteiger partial charge in [0.25, 0.3) is 0 Å². The van der Waals surface area contributed by atoms with Gasteiger partial charge in [0.05, 0.1) is 13.2 Å². The molecule has 0 amide bonds. The van der Waals surface area contributed by atoms with Crippen molar-refractivity contribution in [1.29, 1.82) is 0 Å². The molecular formula is C19H29Cl2IN4O. The van der Waals surface area contributed by atoms with Crippen LogP contribution in [0.25, 0.3) is 0 Å². The highest BCUT2D eigenvalue weighted by atomic mass is 127. The molecule has 27 heavy (non-hydrogen) atoms. The molecule has 1 aromatic rings. The maximum absolute atomic E-state index is 6.34. The number of morpholine rings is 1. The molecule has 2 atom stereocenters. The number of ether oxygens (including phenoxy) is 1. The minimum absolute atomic E-state index is 0. The van der Waals surface area contributed by atoms with Gasteiger partial charge in [-0.15, -0.1) is 24.0 Å². The number of benzene rings is 1. The highest BCUT2D eigenvalue weighted by Gasteiger charge is 2.30.